The van der Waals surface area contributed by atoms with E-state index in [4.69, 9.17) is 0 Å². The smallest absolute Gasteiger partial charge is 0.0373 e. The molecule has 0 saturated carbocycles. The van der Waals surface area contributed by atoms with Gasteiger partial charge in [-0.3, -0.25) is 4.98 Å². The highest BCUT2D eigenvalue weighted by Gasteiger charge is 2.17. The molecular formula is C13H21N3. The molecule has 0 radical (unpaired) electrons. The Kier molecular flexibility index (Phi) is 4.17. The van der Waals surface area contributed by atoms with Gasteiger partial charge in [0.25, 0.3) is 0 Å². The topological polar surface area (TPSA) is 28.2 Å². The van der Waals surface area contributed by atoms with Crippen molar-refractivity contribution in [3.05, 3.63) is 24.5 Å². The monoisotopic (exact) mass is 219 g/mol. The minimum atomic E-state index is 0.635. The predicted molar refractivity (Wildman–Crippen MR) is 67.6 cm³/mol. The summed E-state index contributed by atoms with van der Waals surface area (Å²) in [5.74, 6) is 0. The van der Waals surface area contributed by atoms with Crippen molar-refractivity contribution in [1.29, 1.82) is 0 Å². The second-order valence-corrected chi connectivity index (χ2v) is 4.50. The van der Waals surface area contributed by atoms with Crippen molar-refractivity contribution in [2.45, 2.75) is 32.2 Å². The Morgan fingerprint density at radius 1 is 1.31 bits per heavy atom. The minimum Gasteiger partial charge on any atom is -0.382 e. The van der Waals surface area contributed by atoms with Crippen LogP contribution in [0.15, 0.2) is 24.5 Å². The lowest BCUT2D eigenvalue weighted by molar-refractivity contribution is 0.219. The summed E-state index contributed by atoms with van der Waals surface area (Å²) in [7, 11) is 0. The zero-order chi connectivity index (χ0) is 11.2. The van der Waals surface area contributed by atoms with Crippen LogP contribution in [0, 0.1) is 0 Å². The van der Waals surface area contributed by atoms with Crippen LogP contribution in [0.25, 0.3) is 0 Å². The summed E-state index contributed by atoms with van der Waals surface area (Å²) < 4.78 is 0. The Morgan fingerprint density at radius 2 is 2.00 bits per heavy atom. The lowest BCUT2D eigenvalue weighted by atomic mass is 10.0. The number of rotatable bonds is 4. The molecule has 0 aromatic carbocycles. The summed E-state index contributed by atoms with van der Waals surface area (Å²) in [5, 5.41) is 3.58. The molecule has 0 spiro atoms. The molecule has 1 aliphatic rings. The van der Waals surface area contributed by atoms with Gasteiger partial charge in [-0.1, -0.05) is 6.92 Å². The normalized spacial score (nSPS) is 18.6. The van der Waals surface area contributed by atoms with Crippen molar-refractivity contribution in [2.75, 3.05) is 25.0 Å². The molecule has 3 nitrogen and oxygen atoms in total. The first-order valence-corrected chi connectivity index (χ1v) is 6.27. The fraction of sp³-hybridized carbons (Fsp3) is 0.615. The fourth-order valence-electron chi connectivity index (χ4n) is 2.30. The standard InChI is InChI=1S/C13H21N3/c1-2-9-16-10-5-13(6-11-16)15-12-3-7-14-8-4-12/h3-4,7-8,13H,2,5-6,9-11H2,1H3,(H,14,15). The van der Waals surface area contributed by atoms with Crippen LogP contribution in [0.3, 0.4) is 0 Å². The van der Waals surface area contributed by atoms with E-state index in [1.165, 1.54) is 44.6 Å². The van der Waals surface area contributed by atoms with Crippen LogP contribution in [-0.4, -0.2) is 35.6 Å². The van der Waals surface area contributed by atoms with Crippen molar-refractivity contribution >= 4 is 5.69 Å². The Hall–Kier alpha value is -1.09. The van der Waals surface area contributed by atoms with E-state index in [1.807, 2.05) is 24.5 Å². The summed E-state index contributed by atoms with van der Waals surface area (Å²) in [6, 6.07) is 4.71. The van der Waals surface area contributed by atoms with E-state index in [9.17, 15) is 0 Å². The number of likely N-dealkylation sites (tertiary alicyclic amines) is 1. The molecule has 0 amide bonds. The van der Waals surface area contributed by atoms with Crippen molar-refractivity contribution in [3.63, 3.8) is 0 Å². The summed E-state index contributed by atoms with van der Waals surface area (Å²) in [6.45, 7) is 5.97. The first-order valence-electron chi connectivity index (χ1n) is 6.27. The maximum absolute atomic E-state index is 4.03. The first-order chi connectivity index (χ1) is 7.88. The Bertz CT molecular complexity index is 291. The van der Waals surface area contributed by atoms with Crippen LogP contribution < -0.4 is 5.32 Å². The summed E-state index contributed by atoms with van der Waals surface area (Å²) in [4.78, 5) is 6.59. The molecule has 0 atom stereocenters. The number of hydrogen-bond donors (Lipinski definition) is 1. The van der Waals surface area contributed by atoms with Crippen molar-refractivity contribution in [2.24, 2.45) is 0 Å². The van der Waals surface area contributed by atoms with E-state index in [-0.39, 0.29) is 0 Å². The second-order valence-electron chi connectivity index (χ2n) is 4.50. The number of piperidine rings is 1. The van der Waals surface area contributed by atoms with Gasteiger partial charge in [-0.15, -0.1) is 0 Å². The highest BCUT2D eigenvalue weighted by Crippen LogP contribution is 2.15. The molecule has 88 valence electrons. The number of nitrogens with zero attached hydrogens (tertiary/aromatic N) is 2. The number of aromatic nitrogens is 1. The van der Waals surface area contributed by atoms with Gasteiger partial charge in [0.15, 0.2) is 0 Å². The van der Waals surface area contributed by atoms with Gasteiger partial charge in [0, 0.05) is 37.2 Å². The van der Waals surface area contributed by atoms with E-state index in [1.54, 1.807) is 0 Å². The van der Waals surface area contributed by atoms with Crippen LogP contribution in [0.4, 0.5) is 5.69 Å². The molecular weight excluding hydrogens is 198 g/mol. The molecule has 16 heavy (non-hydrogen) atoms. The number of pyridine rings is 1. The van der Waals surface area contributed by atoms with Crippen molar-refractivity contribution in [3.8, 4) is 0 Å². The molecule has 1 N–H and O–H groups in total. The van der Waals surface area contributed by atoms with Crippen LogP contribution >= 0.6 is 0 Å². The van der Waals surface area contributed by atoms with Gasteiger partial charge in [0.2, 0.25) is 0 Å². The van der Waals surface area contributed by atoms with Crippen LogP contribution in [-0.2, 0) is 0 Å². The molecule has 1 aromatic rings. The molecule has 1 saturated heterocycles. The molecule has 1 fully saturated rings. The molecule has 2 heterocycles. The molecule has 0 bridgehead atoms. The van der Waals surface area contributed by atoms with Gasteiger partial charge in [0.05, 0.1) is 0 Å². The van der Waals surface area contributed by atoms with E-state index in [0.717, 1.165) is 0 Å². The molecule has 0 unspecified atom stereocenters. The largest absolute Gasteiger partial charge is 0.382 e. The summed E-state index contributed by atoms with van der Waals surface area (Å²) >= 11 is 0. The quantitative estimate of drug-likeness (QED) is 0.842. The van der Waals surface area contributed by atoms with E-state index >= 15 is 0 Å². The zero-order valence-corrected chi connectivity index (χ0v) is 10.0. The Balaban J connectivity index is 1.77. The van der Waals surface area contributed by atoms with E-state index < -0.39 is 0 Å². The highest BCUT2D eigenvalue weighted by atomic mass is 15.1. The SMILES string of the molecule is CCCN1CCC(Nc2ccncc2)CC1. The Morgan fingerprint density at radius 3 is 2.62 bits per heavy atom. The average molecular weight is 219 g/mol. The highest BCUT2D eigenvalue weighted by molar-refractivity contribution is 5.41. The van der Waals surface area contributed by atoms with Gasteiger partial charge >= 0.3 is 0 Å². The number of hydrogen-bond acceptors (Lipinski definition) is 3. The maximum Gasteiger partial charge on any atom is 0.0373 e. The summed E-state index contributed by atoms with van der Waals surface area (Å²) in [5.41, 5.74) is 1.20. The first kappa shape index (κ1) is 11.4. The second kappa shape index (κ2) is 5.85. The zero-order valence-electron chi connectivity index (χ0n) is 10.0. The average Bonchev–Trinajstić information content (AvgIpc) is 2.33. The third-order valence-corrected chi connectivity index (χ3v) is 3.18. The molecule has 3 heteroatoms. The number of anilines is 1. The van der Waals surface area contributed by atoms with Crippen LogP contribution in [0.2, 0.25) is 0 Å². The van der Waals surface area contributed by atoms with Gasteiger partial charge in [-0.25, -0.2) is 0 Å². The lowest BCUT2D eigenvalue weighted by Crippen LogP contribution is -2.39. The van der Waals surface area contributed by atoms with Gasteiger partial charge < -0.3 is 10.2 Å². The minimum absolute atomic E-state index is 0.635. The maximum atomic E-state index is 4.03. The van der Waals surface area contributed by atoms with E-state index in [0.29, 0.717) is 6.04 Å². The third kappa shape index (κ3) is 3.20. The van der Waals surface area contributed by atoms with Crippen LogP contribution in [0.1, 0.15) is 26.2 Å². The predicted octanol–water partition coefficient (Wildman–Crippen LogP) is 2.37. The van der Waals surface area contributed by atoms with Gasteiger partial charge in [-0.2, -0.15) is 0 Å². The summed E-state index contributed by atoms with van der Waals surface area (Å²) in [6.07, 6.45) is 7.45. The van der Waals surface area contributed by atoms with Crippen molar-refractivity contribution < 1.29 is 0 Å². The molecule has 2 rings (SSSR count). The van der Waals surface area contributed by atoms with E-state index in [2.05, 4.69) is 22.1 Å². The number of nitrogens with one attached hydrogen (secondary N) is 1. The molecule has 1 aromatic heterocycles. The Labute approximate surface area is 97.9 Å². The lowest BCUT2D eigenvalue weighted by Gasteiger charge is -2.32. The van der Waals surface area contributed by atoms with Gasteiger partial charge in [-0.05, 0) is 37.9 Å². The molecule has 1 aliphatic heterocycles. The van der Waals surface area contributed by atoms with Crippen molar-refractivity contribution in [1.82, 2.24) is 9.88 Å². The van der Waals surface area contributed by atoms with Crippen LogP contribution in [0.5, 0.6) is 0 Å². The fourth-order valence-corrected chi connectivity index (χ4v) is 2.30. The van der Waals surface area contributed by atoms with Gasteiger partial charge in [0.1, 0.15) is 0 Å². The molecule has 0 aliphatic carbocycles. The third-order valence-electron chi connectivity index (χ3n) is 3.18.